The van der Waals surface area contributed by atoms with Gasteiger partial charge in [0.2, 0.25) is 0 Å². The Hall–Kier alpha value is -1.01. The number of rotatable bonds is 4. The Bertz CT molecular complexity index is 420. The van der Waals surface area contributed by atoms with E-state index < -0.39 is 0 Å². The van der Waals surface area contributed by atoms with Gasteiger partial charge in [0.05, 0.1) is 11.4 Å². The van der Waals surface area contributed by atoms with Crippen LogP contribution >= 0.6 is 22.6 Å². The van der Waals surface area contributed by atoms with Crippen molar-refractivity contribution in [3.63, 3.8) is 0 Å². The summed E-state index contributed by atoms with van der Waals surface area (Å²) in [7, 11) is 0. The third-order valence-corrected chi connectivity index (χ3v) is 3.10. The zero-order chi connectivity index (χ0) is 12.1. The topological polar surface area (TPSA) is 37.8 Å². The molecule has 0 aliphatic heterocycles. The summed E-state index contributed by atoms with van der Waals surface area (Å²) in [6.45, 7) is 3.54. The second-order valence-corrected chi connectivity index (χ2v) is 5.12. The van der Waals surface area contributed by atoms with E-state index in [0.717, 1.165) is 24.5 Å². The summed E-state index contributed by atoms with van der Waals surface area (Å²) in [5, 5.41) is 3.35. The fourth-order valence-corrected chi connectivity index (χ4v) is 1.81. The Morgan fingerprint density at radius 3 is 2.47 bits per heavy atom. The van der Waals surface area contributed by atoms with Crippen LogP contribution < -0.4 is 5.32 Å². The molecule has 3 nitrogen and oxygen atoms in total. The van der Waals surface area contributed by atoms with Crippen molar-refractivity contribution in [3.05, 3.63) is 57.2 Å². The molecule has 0 unspecified atom stereocenters. The van der Waals surface area contributed by atoms with Crippen LogP contribution in [0.15, 0.2) is 36.7 Å². The van der Waals surface area contributed by atoms with Crippen LogP contribution in [0, 0.1) is 10.5 Å². The van der Waals surface area contributed by atoms with Gasteiger partial charge >= 0.3 is 0 Å². The Labute approximate surface area is 115 Å². The predicted molar refractivity (Wildman–Crippen MR) is 76.5 cm³/mol. The van der Waals surface area contributed by atoms with E-state index in [9.17, 15) is 0 Å². The summed E-state index contributed by atoms with van der Waals surface area (Å²) in [4.78, 5) is 8.51. The Kier molecular flexibility index (Phi) is 4.44. The van der Waals surface area contributed by atoms with Crippen molar-refractivity contribution in [1.82, 2.24) is 15.3 Å². The maximum atomic E-state index is 4.30. The van der Waals surface area contributed by atoms with Crippen molar-refractivity contribution in [1.29, 1.82) is 0 Å². The first-order chi connectivity index (χ1) is 8.24. The molecule has 1 aromatic heterocycles. The number of hydrogen-bond acceptors (Lipinski definition) is 3. The molecule has 0 aliphatic rings. The largest absolute Gasteiger partial charge is 0.307 e. The van der Waals surface area contributed by atoms with Gasteiger partial charge in [0.1, 0.15) is 0 Å². The first kappa shape index (κ1) is 12.4. The third kappa shape index (κ3) is 4.05. The Morgan fingerprint density at radius 2 is 1.82 bits per heavy atom. The zero-order valence-corrected chi connectivity index (χ0v) is 11.8. The third-order valence-electron chi connectivity index (χ3n) is 2.38. The number of halogens is 1. The van der Waals surface area contributed by atoms with Crippen LogP contribution in [0.25, 0.3) is 0 Å². The molecular weight excluding hydrogens is 325 g/mol. The lowest BCUT2D eigenvalue weighted by molar-refractivity contribution is 0.676. The summed E-state index contributed by atoms with van der Waals surface area (Å²) < 4.78 is 1.26. The summed E-state index contributed by atoms with van der Waals surface area (Å²) in [5.41, 5.74) is 3.21. The number of nitrogens with zero attached hydrogens (tertiary/aromatic N) is 2. The molecule has 0 bridgehead atoms. The standard InChI is InChI=1S/C13H14IN3/c1-10-6-17-13(9-16-10)8-15-7-11-2-4-12(14)5-3-11/h2-6,9,15H,7-8H2,1H3. The molecular formula is C13H14IN3. The van der Waals surface area contributed by atoms with E-state index in [-0.39, 0.29) is 0 Å². The summed E-state index contributed by atoms with van der Waals surface area (Å²) in [6.07, 6.45) is 3.61. The summed E-state index contributed by atoms with van der Waals surface area (Å²) in [6, 6.07) is 8.50. The molecule has 0 radical (unpaired) electrons. The van der Waals surface area contributed by atoms with Gasteiger partial charge in [0.15, 0.2) is 0 Å². The van der Waals surface area contributed by atoms with E-state index in [4.69, 9.17) is 0 Å². The maximum absolute atomic E-state index is 4.30. The average molecular weight is 339 g/mol. The first-order valence-corrected chi connectivity index (χ1v) is 6.54. The average Bonchev–Trinajstić information content (AvgIpc) is 2.34. The second-order valence-electron chi connectivity index (χ2n) is 3.88. The second kappa shape index (κ2) is 6.07. The van der Waals surface area contributed by atoms with Crippen LogP contribution in [-0.2, 0) is 13.1 Å². The van der Waals surface area contributed by atoms with E-state index in [1.807, 2.05) is 13.1 Å². The number of aryl methyl sites for hydroxylation is 1. The van der Waals surface area contributed by atoms with Gasteiger partial charge < -0.3 is 5.32 Å². The van der Waals surface area contributed by atoms with Crippen molar-refractivity contribution < 1.29 is 0 Å². The monoisotopic (exact) mass is 339 g/mol. The predicted octanol–water partition coefficient (Wildman–Crippen LogP) is 2.68. The van der Waals surface area contributed by atoms with Gasteiger partial charge in [0, 0.05) is 29.1 Å². The van der Waals surface area contributed by atoms with Crippen molar-refractivity contribution in [2.24, 2.45) is 0 Å². The van der Waals surface area contributed by atoms with Gasteiger partial charge in [-0.05, 0) is 47.2 Å². The minimum atomic E-state index is 0.749. The Morgan fingerprint density at radius 1 is 1.06 bits per heavy atom. The number of hydrogen-bond donors (Lipinski definition) is 1. The highest BCUT2D eigenvalue weighted by Gasteiger charge is 1.96. The number of benzene rings is 1. The van der Waals surface area contributed by atoms with Gasteiger partial charge in [-0.25, -0.2) is 0 Å². The molecule has 0 amide bonds. The quantitative estimate of drug-likeness (QED) is 0.871. The zero-order valence-electron chi connectivity index (χ0n) is 9.65. The van der Waals surface area contributed by atoms with E-state index in [1.54, 1.807) is 6.20 Å². The summed E-state index contributed by atoms with van der Waals surface area (Å²) >= 11 is 2.31. The molecule has 1 aromatic carbocycles. The molecule has 0 saturated heterocycles. The SMILES string of the molecule is Cc1cnc(CNCc2ccc(I)cc2)cn1. The van der Waals surface area contributed by atoms with E-state index in [0.29, 0.717) is 0 Å². The van der Waals surface area contributed by atoms with Crippen molar-refractivity contribution >= 4 is 22.6 Å². The van der Waals surface area contributed by atoms with Gasteiger partial charge in [0.25, 0.3) is 0 Å². The fraction of sp³-hybridized carbons (Fsp3) is 0.231. The molecule has 2 rings (SSSR count). The molecule has 88 valence electrons. The van der Waals surface area contributed by atoms with Crippen molar-refractivity contribution in [3.8, 4) is 0 Å². The fourth-order valence-electron chi connectivity index (χ4n) is 1.45. The first-order valence-electron chi connectivity index (χ1n) is 5.47. The van der Waals surface area contributed by atoms with E-state index >= 15 is 0 Å². The minimum absolute atomic E-state index is 0.749. The van der Waals surface area contributed by atoms with Crippen LogP contribution in [0.3, 0.4) is 0 Å². The highest BCUT2D eigenvalue weighted by Crippen LogP contribution is 2.06. The molecule has 2 aromatic rings. The van der Waals surface area contributed by atoms with E-state index in [1.165, 1.54) is 9.13 Å². The highest BCUT2D eigenvalue weighted by molar-refractivity contribution is 14.1. The van der Waals surface area contributed by atoms with Gasteiger partial charge in [-0.1, -0.05) is 12.1 Å². The van der Waals surface area contributed by atoms with Crippen LogP contribution in [0.5, 0.6) is 0 Å². The van der Waals surface area contributed by atoms with Crippen LogP contribution in [0.1, 0.15) is 17.0 Å². The molecule has 4 heteroatoms. The lowest BCUT2D eigenvalue weighted by Gasteiger charge is -2.04. The maximum Gasteiger partial charge on any atom is 0.0724 e. The molecule has 0 fully saturated rings. The normalized spacial score (nSPS) is 10.5. The molecule has 1 N–H and O–H groups in total. The van der Waals surface area contributed by atoms with Crippen molar-refractivity contribution in [2.75, 3.05) is 0 Å². The molecule has 0 aliphatic carbocycles. The van der Waals surface area contributed by atoms with Gasteiger partial charge in [-0.15, -0.1) is 0 Å². The smallest absolute Gasteiger partial charge is 0.0724 e. The number of aromatic nitrogens is 2. The number of nitrogens with one attached hydrogen (secondary N) is 1. The highest BCUT2D eigenvalue weighted by atomic mass is 127. The van der Waals surface area contributed by atoms with Crippen LogP contribution in [0.2, 0.25) is 0 Å². The summed E-state index contributed by atoms with van der Waals surface area (Å²) in [5.74, 6) is 0. The molecule has 1 heterocycles. The van der Waals surface area contributed by atoms with Crippen LogP contribution in [-0.4, -0.2) is 9.97 Å². The van der Waals surface area contributed by atoms with Gasteiger partial charge in [-0.3, -0.25) is 9.97 Å². The molecule has 0 saturated carbocycles. The molecule has 0 atom stereocenters. The van der Waals surface area contributed by atoms with Crippen molar-refractivity contribution in [2.45, 2.75) is 20.0 Å². The minimum Gasteiger partial charge on any atom is -0.307 e. The lowest BCUT2D eigenvalue weighted by atomic mass is 10.2. The molecule has 17 heavy (non-hydrogen) atoms. The molecule has 0 spiro atoms. The van der Waals surface area contributed by atoms with Crippen LogP contribution in [0.4, 0.5) is 0 Å². The Balaban J connectivity index is 1.83. The van der Waals surface area contributed by atoms with Gasteiger partial charge in [-0.2, -0.15) is 0 Å². The van der Waals surface area contributed by atoms with E-state index in [2.05, 4.69) is 62.1 Å². The lowest BCUT2D eigenvalue weighted by Crippen LogP contribution is -2.13.